The smallest absolute Gasteiger partial charge is 0.293 e. The molecule has 3 heterocycles. The molecule has 11 heteroatoms. The van der Waals surface area contributed by atoms with Gasteiger partial charge in [-0.25, -0.2) is 4.98 Å². The molecule has 0 bridgehead atoms. The van der Waals surface area contributed by atoms with Gasteiger partial charge in [-0.2, -0.15) is 0 Å². The number of fused-ring (bicyclic) bond motifs is 1. The Kier molecular flexibility index (Phi) is 7.89. The number of anilines is 2. The number of aryl methyl sites for hydroxylation is 1. The standard InChI is InChI=1S/C26H30ClN5O4S/c1-18-20(27)6-8-23-24(18)28-26(37-23)31(12-11-29-13-15-36-16-14-29)25(33)19-5-7-21(22(17-19)32(34)35)30-9-3-2-4-10-30/h5-8,17H,2-4,9-16H2,1H3. The number of hydrogen-bond donors (Lipinski definition) is 0. The summed E-state index contributed by atoms with van der Waals surface area (Å²) in [6.45, 7) is 7.47. The quantitative estimate of drug-likeness (QED) is 0.301. The highest BCUT2D eigenvalue weighted by atomic mass is 35.5. The maximum Gasteiger partial charge on any atom is 0.293 e. The van der Waals surface area contributed by atoms with E-state index in [2.05, 4.69) is 4.90 Å². The lowest BCUT2D eigenvalue weighted by Crippen LogP contribution is -2.43. The fraction of sp³-hybridized carbons (Fsp3) is 0.462. The van der Waals surface area contributed by atoms with E-state index in [0.29, 0.717) is 42.1 Å². The molecule has 0 atom stereocenters. The Morgan fingerprint density at radius 3 is 2.65 bits per heavy atom. The van der Waals surface area contributed by atoms with Gasteiger partial charge in [0, 0.05) is 55.9 Å². The molecule has 3 aromatic rings. The molecule has 0 N–H and O–H groups in total. The zero-order valence-electron chi connectivity index (χ0n) is 20.8. The number of aromatic nitrogens is 1. The number of nitro benzene ring substituents is 1. The third-order valence-electron chi connectivity index (χ3n) is 7.07. The average molecular weight is 544 g/mol. The number of benzene rings is 2. The van der Waals surface area contributed by atoms with Crippen LogP contribution in [-0.2, 0) is 4.74 Å². The Bertz CT molecular complexity index is 1300. The number of hydrogen-bond acceptors (Lipinski definition) is 8. The molecule has 2 saturated heterocycles. The highest BCUT2D eigenvalue weighted by Gasteiger charge is 2.27. The molecule has 5 rings (SSSR count). The number of halogens is 1. The van der Waals surface area contributed by atoms with Gasteiger partial charge in [-0.3, -0.25) is 24.7 Å². The van der Waals surface area contributed by atoms with Gasteiger partial charge < -0.3 is 9.64 Å². The lowest BCUT2D eigenvalue weighted by atomic mass is 10.1. The van der Waals surface area contributed by atoms with E-state index in [-0.39, 0.29) is 22.1 Å². The first-order valence-electron chi connectivity index (χ1n) is 12.6. The van der Waals surface area contributed by atoms with Crippen molar-refractivity contribution in [2.75, 3.05) is 62.3 Å². The Labute approximate surface area is 224 Å². The summed E-state index contributed by atoms with van der Waals surface area (Å²) < 4.78 is 6.39. The molecule has 0 radical (unpaired) electrons. The van der Waals surface area contributed by atoms with Gasteiger partial charge in [-0.1, -0.05) is 22.9 Å². The number of thiazole rings is 1. The Morgan fingerprint density at radius 1 is 1.16 bits per heavy atom. The Balaban J connectivity index is 1.49. The number of morpholine rings is 1. The molecule has 1 amide bonds. The molecule has 196 valence electrons. The predicted molar refractivity (Wildman–Crippen MR) is 147 cm³/mol. The molecule has 0 unspecified atom stereocenters. The van der Waals surface area contributed by atoms with Gasteiger partial charge in [0.15, 0.2) is 5.13 Å². The van der Waals surface area contributed by atoms with Crippen LogP contribution in [0, 0.1) is 17.0 Å². The molecule has 0 saturated carbocycles. The second-order valence-corrected chi connectivity index (χ2v) is 10.9. The summed E-state index contributed by atoms with van der Waals surface area (Å²) in [5.74, 6) is -0.302. The van der Waals surface area contributed by atoms with Crippen molar-refractivity contribution in [2.24, 2.45) is 0 Å². The summed E-state index contributed by atoms with van der Waals surface area (Å²) in [5, 5.41) is 13.2. The van der Waals surface area contributed by atoms with Crippen molar-refractivity contribution in [2.45, 2.75) is 26.2 Å². The third-order valence-corrected chi connectivity index (χ3v) is 8.53. The molecular formula is C26H30ClN5O4S. The van der Waals surface area contributed by atoms with Crippen LogP contribution >= 0.6 is 22.9 Å². The number of ether oxygens (including phenoxy) is 1. The second kappa shape index (κ2) is 11.3. The molecular weight excluding hydrogens is 514 g/mol. The van der Waals surface area contributed by atoms with Gasteiger partial charge in [-0.15, -0.1) is 0 Å². The van der Waals surface area contributed by atoms with Crippen molar-refractivity contribution in [1.82, 2.24) is 9.88 Å². The van der Waals surface area contributed by atoms with Crippen LogP contribution in [-0.4, -0.2) is 73.2 Å². The van der Waals surface area contributed by atoms with Crippen molar-refractivity contribution in [3.05, 3.63) is 56.6 Å². The largest absolute Gasteiger partial charge is 0.379 e. The summed E-state index contributed by atoms with van der Waals surface area (Å²) in [4.78, 5) is 36.3. The van der Waals surface area contributed by atoms with Gasteiger partial charge in [0.25, 0.3) is 11.6 Å². The Morgan fingerprint density at radius 2 is 1.92 bits per heavy atom. The van der Waals surface area contributed by atoms with Crippen molar-refractivity contribution >= 4 is 55.6 Å². The SMILES string of the molecule is Cc1c(Cl)ccc2sc(N(CCN3CCOCC3)C(=O)c3ccc(N4CCCCC4)c([N+](=O)[O-])c3)nc12. The van der Waals surface area contributed by atoms with E-state index < -0.39 is 0 Å². The second-order valence-electron chi connectivity index (χ2n) is 9.43. The molecule has 2 aliphatic heterocycles. The number of nitro groups is 1. The number of carbonyl (C=O) groups is 1. The molecule has 9 nitrogen and oxygen atoms in total. The van der Waals surface area contributed by atoms with Crippen LogP contribution in [0.2, 0.25) is 5.02 Å². The van der Waals surface area contributed by atoms with E-state index in [4.69, 9.17) is 21.3 Å². The summed E-state index contributed by atoms with van der Waals surface area (Å²) in [7, 11) is 0. The first kappa shape index (κ1) is 25.8. The van der Waals surface area contributed by atoms with Crippen LogP contribution in [0.1, 0.15) is 35.2 Å². The van der Waals surface area contributed by atoms with Gasteiger partial charge in [-0.05, 0) is 56.0 Å². The zero-order valence-corrected chi connectivity index (χ0v) is 22.4. The topological polar surface area (TPSA) is 92.0 Å². The minimum Gasteiger partial charge on any atom is -0.379 e. The predicted octanol–water partition coefficient (Wildman–Crippen LogP) is 5.14. The highest BCUT2D eigenvalue weighted by molar-refractivity contribution is 7.22. The summed E-state index contributed by atoms with van der Waals surface area (Å²) >= 11 is 7.75. The average Bonchev–Trinajstić information content (AvgIpc) is 3.36. The number of amides is 1. The molecule has 0 spiro atoms. The van der Waals surface area contributed by atoms with Crippen LogP contribution in [0.4, 0.5) is 16.5 Å². The van der Waals surface area contributed by atoms with E-state index in [1.165, 1.54) is 17.4 Å². The maximum atomic E-state index is 13.9. The van der Waals surface area contributed by atoms with E-state index in [1.54, 1.807) is 17.0 Å². The minimum absolute atomic E-state index is 0.0344. The molecule has 1 aromatic heterocycles. The van der Waals surface area contributed by atoms with Gasteiger partial charge in [0.2, 0.25) is 0 Å². The number of carbonyl (C=O) groups excluding carboxylic acids is 1. The molecule has 37 heavy (non-hydrogen) atoms. The fourth-order valence-electron chi connectivity index (χ4n) is 4.92. The summed E-state index contributed by atoms with van der Waals surface area (Å²) in [6, 6.07) is 8.59. The lowest BCUT2D eigenvalue weighted by molar-refractivity contribution is -0.384. The van der Waals surface area contributed by atoms with Crippen LogP contribution in [0.5, 0.6) is 0 Å². The van der Waals surface area contributed by atoms with Crippen LogP contribution < -0.4 is 9.80 Å². The fourth-order valence-corrected chi connectivity index (χ4v) is 6.12. The van der Waals surface area contributed by atoms with Crippen molar-refractivity contribution < 1.29 is 14.5 Å². The van der Waals surface area contributed by atoms with Crippen LogP contribution in [0.25, 0.3) is 10.2 Å². The number of nitrogens with zero attached hydrogens (tertiary/aromatic N) is 5. The monoisotopic (exact) mass is 543 g/mol. The minimum atomic E-state index is -0.387. The molecule has 0 aliphatic carbocycles. The third kappa shape index (κ3) is 5.57. The summed E-state index contributed by atoms with van der Waals surface area (Å²) in [6.07, 6.45) is 3.15. The van der Waals surface area contributed by atoms with Crippen molar-refractivity contribution in [3.63, 3.8) is 0 Å². The van der Waals surface area contributed by atoms with Crippen molar-refractivity contribution in [1.29, 1.82) is 0 Å². The van der Waals surface area contributed by atoms with Crippen LogP contribution in [0.15, 0.2) is 30.3 Å². The van der Waals surface area contributed by atoms with E-state index in [9.17, 15) is 14.9 Å². The zero-order chi connectivity index (χ0) is 25.9. The van der Waals surface area contributed by atoms with Crippen molar-refractivity contribution in [3.8, 4) is 0 Å². The van der Waals surface area contributed by atoms with Crippen LogP contribution in [0.3, 0.4) is 0 Å². The Hall–Kier alpha value is -2.79. The first-order chi connectivity index (χ1) is 17.9. The molecule has 2 aromatic carbocycles. The highest BCUT2D eigenvalue weighted by Crippen LogP contribution is 2.36. The molecule has 2 fully saturated rings. The van der Waals surface area contributed by atoms with Gasteiger partial charge >= 0.3 is 0 Å². The first-order valence-corrected chi connectivity index (χ1v) is 13.8. The number of rotatable bonds is 7. The van der Waals surface area contributed by atoms with Gasteiger partial charge in [0.05, 0.1) is 28.4 Å². The lowest BCUT2D eigenvalue weighted by Gasteiger charge is -2.30. The summed E-state index contributed by atoms with van der Waals surface area (Å²) in [5.41, 5.74) is 2.45. The van der Waals surface area contributed by atoms with E-state index in [0.717, 1.165) is 61.2 Å². The van der Waals surface area contributed by atoms with E-state index >= 15 is 0 Å². The number of piperidine rings is 1. The molecule has 2 aliphatic rings. The van der Waals surface area contributed by atoms with E-state index in [1.807, 2.05) is 24.0 Å². The normalized spacial score (nSPS) is 16.8. The van der Waals surface area contributed by atoms with Gasteiger partial charge in [0.1, 0.15) is 5.69 Å². The maximum absolute atomic E-state index is 13.9.